The van der Waals surface area contributed by atoms with Gasteiger partial charge in [0.1, 0.15) is 6.29 Å². The lowest BCUT2D eigenvalue weighted by Gasteiger charge is -2.24. The number of nitrogens with zero attached hydrogens (tertiary/aromatic N) is 1. The van der Waals surface area contributed by atoms with Crippen molar-refractivity contribution in [1.29, 1.82) is 0 Å². The van der Waals surface area contributed by atoms with Crippen molar-refractivity contribution in [2.75, 3.05) is 13.1 Å². The average molecular weight is 497 g/mol. The van der Waals surface area contributed by atoms with Gasteiger partial charge in [-0.05, 0) is 51.0 Å². The second-order valence-corrected chi connectivity index (χ2v) is 8.54. The van der Waals surface area contributed by atoms with E-state index in [1.165, 1.54) is 19.3 Å². The molecular formula is C20H38Cl2N6O4. The fraction of sp³-hybridized carbons (Fsp3) is 0.800. The van der Waals surface area contributed by atoms with Gasteiger partial charge < -0.3 is 37.7 Å². The molecule has 0 radical (unpaired) electrons. The van der Waals surface area contributed by atoms with E-state index in [0.29, 0.717) is 44.3 Å². The Morgan fingerprint density at radius 3 is 2.53 bits per heavy atom. The second kappa shape index (κ2) is 14.6. The number of ketones is 1. The molecule has 2 heterocycles. The van der Waals surface area contributed by atoms with Crippen molar-refractivity contribution in [3.63, 3.8) is 0 Å². The number of Topliss-reactive ketones (excluding diaryl/α,β-unsaturated/α-hetero) is 1. The van der Waals surface area contributed by atoms with Crippen LogP contribution in [0.15, 0.2) is 4.99 Å². The van der Waals surface area contributed by atoms with Crippen LogP contribution in [0.2, 0.25) is 0 Å². The molecule has 0 bridgehead atoms. The molecule has 0 spiro atoms. The average Bonchev–Trinajstić information content (AvgIpc) is 3.36. The minimum absolute atomic E-state index is 0. The molecule has 1 aliphatic carbocycles. The van der Waals surface area contributed by atoms with Gasteiger partial charge in [0.2, 0.25) is 5.91 Å². The first kappa shape index (κ1) is 30.5. The van der Waals surface area contributed by atoms with E-state index in [4.69, 9.17) is 11.5 Å². The van der Waals surface area contributed by atoms with Gasteiger partial charge in [-0.3, -0.25) is 14.6 Å². The molecule has 0 aromatic carbocycles. The highest BCUT2D eigenvalue weighted by Gasteiger charge is 2.45. The lowest BCUT2D eigenvalue weighted by atomic mass is 9.83. The van der Waals surface area contributed by atoms with Gasteiger partial charge in [0, 0.05) is 18.5 Å². The first-order valence-electron chi connectivity index (χ1n) is 10.8. The number of guanidine groups is 1. The zero-order chi connectivity index (χ0) is 20.8. The Morgan fingerprint density at radius 2 is 1.88 bits per heavy atom. The topological polar surface area (TPSA) is 183 Å². The zero-order valence-electron chi connectivity index (χ0n) is 18.3. The highest BCUT2D eigenvalue weighted by Crippen LogP contribution is 2.35. The van der Waals surface area contributed by atoms with E-state index in [1.807, 2.05) is 0 Å². The third-order valence-electron chi connectivity index (χ3n) is 6.54. The molecule has 3 fully saturated rings. The van der Waals surface area contributed by atoms with Crippen LogP contribution in [-0.2, 0) is 14.4 Å². The molecule has 6 atom stereocenters. The number of amides is 1. The summed E-state index contributed by atoms with van der Waals surface area (Å²) in [5, 5.41) is 9.45. The van der Waals surface area contributed by atoms with Gasteiger partial charge in [-0.25, -0.2) is 0 Å². The Balaban J connectivity index is 0.00000320. The number of rotatable bonds is 9. The Morgan fingerprint density at radius 1 is 1.16 bits per heavy atom. The molecule has 3 aliphatic rings. The van der Waals surface area contributed by atoms with Crippen molar-refractivity contribution in [2.24, 2.45) is 28.3 Å². The van der Waals surface area contributed by atoms with Crippen LogP contribution in [0.5, 0.6) is 0 Å². The number of aliphatic imine (C=N–C) groups is 1. The van der Waals surface area contributed by atoms with Gasteiger partial charge in [-0.15, -0.1) is 24.8 Å². The molecule has 4 unspecified atom stereocenters. The number of carbonyl (C=O) groups excluding carboxylic acids is 3. The van der Waals surface area contributed by atoms with Gasteiger partial charge in [0.15, 0.2) is 11.7 Å². The van der Waals surface area contributed by atoms with E-state index in [-0.39, 0.29) is 59.9 Å². The molecule has 186 valence electrons. The molecular weight excluding hydrogens is 459 g/mol. The quantitative estimate of drug-likeness (QED) is 0.120. The fourth-order valence-corrected chi connectivity index (χ4v) is 5.05. The predicted molar refractivity (Wildman–Crippen MR) is 128 cm³/mol. The molecule has 0 aromatic rings. The molecule has 2 aliphatic heterocycles. The van der Waals surface area contributed by atoms with Crippen LogP contribution in [0.3, 0.4) is 0 Å². The summed E-state index contributed by atoms with van der Waals surface area (Å²) in [4.78, 5) is 41.1. The van der Waals surface area contributed by atoms with Crippen molar-refractivity contribution >= 4 is 48.8 Å². The summed E-state index contributed by atoms with van der Waals surface area (Å²) in [6, 6.07) is -0.886. The van der Waals surface area contributed by atoms with Crippen LogP contribution < -0.4 is 27.4 Å². The third kappa shape index (κ3) is 7.84. The normalized spacial score (nSPS) is 29.2. The summed E-state index contributed by atoms with van der Waals surface area (Å²) in [5.74, 6) is 0.106. The van der Waals surface area contributed by atoms with Crippen LogP contribution >= 0.6 is 24.8 Å². The third-order valence-corrected chi connectivity index (χ3v) is 6.54. The predicted octanol–water partition coefficient (Wildman–Crippen LogP) is -0.789. The van der Waals surface area contributed by atoms with Gasteiger partial charge >= 0.3 is 0 Å². The summed E-state index contributed by atoms with van der Waals surface area (Å²) in [6.07, 6.45) is 8.09. The van der Waals surface area contributed by atoms with Crippen LogP contribution in [0.4, 0.5) is 0 Å². The molecule has 10 nitrogen and oxygen atoms in total. The maximum Gasteiger partial charge on any atom is 0.238 e. The standard InChI is InChI=1S/C20H34N6O3.2ClH.H2O/c21-20(22)24-8-3-5-13(11-27)25-19(29)17-14(7-9-23-17)18(28)16-10-12-4-1-2-6-15(12)26-16;;;/h11-17,23,26H,1-10H2,(H,25,29)(H4,21,22,24);2*1H;1H2/t12?,13-,14?,15?,16?,17-;;;/m0.../s1. The monoisotopic (exact) mass is 496 g/mol. The lowest BCUT2D eigenvalue weighted by Crippen LogP contribution is -2.51. The summed E-state index contributed by atoms with van der Waals surface area (Å²) in [6.45, 7) is 1.03. The number of fused-ring (bicyclic) bond motifs is 1. The summed E-state index contributed by atoms with van der Waals surface area (Å²) in [7, 11) is 0. The molecule has 12 heteroatoms. The first-order valence-corrected chi connectivity index (χ1v) is 10.8. The van der Waals surface area contributed by atoms with Gasteiger partial charge in [0.25, 0.3) is 0 Å². The van der Waals surface area contributed by atoms with Crippen molar-refractivity contribution in [1.82, 2.24) is 16.0 Å². The molecule has 1 amide bonds. The molecule has 32 heavy (non-hydrogen) atoms. The Hall–Kier alpha value is -1.46. The van der Waals surface area contributed by atoms with Gasteiger partial charge in [0.05, 0.1) is 18.1 Å². The van der Waals surface area contributed by atoms with E-state index in [2.05, 4.69) is 20.9 Å². The van der Waals surface area contributed by atoms with Crippen LogP contribution in [0, 0.1) is 11.8 Å². The summed E-state index contributed by atoms with van der Waals surface area (Å²) in [5.41, 5.74) is 10.6. The van der Waals surface area contributed by atoms with E-state index in [9.17, 15) is 14.4 Å². The van der Waals surface area contributed by atoms with Crippen molar-refractivity contribution < 1.29 is 19.9 Å². The molecule has 3 rings (SSSR count). The van der Waals surface area contributed by atoms with Crippen LogP contribution in [-0.4, -0.2) is 66.7 Å². The van der Waals surface area contributed by atoms with Crippen molar-refractivity contribution in [3.8, 4) is 0 Å². The summed E-state index contributed by atoms with van der Waals surface area (Å²) < 4.78 is 0. The molecule has 2 saturated heterocycles. The first-order chi connectivity index (χ1) is 14.0. The second-order valence-electron chi connectivity index (χ2n) is 8.54. The number of halogens is 2. The van der Waals surface area contributed by atoms with Crippen molar-refractivity contribution in [3.05, 3.63) is 0 Å². The zero-order valence-corrected chi connectivity index (χ0v) is 19.9. The number of hydrogen-bond acceptors (Lipinski definition) is 6. The smallest absolute Gasteiger partial charge is 0.238 e. The maximum atomic E-state index is 13.1. The summed E-state index contributed by atoms with van der Waals surface area (Å²) >= 11 is 0. The van der Waals surface area contributed by atoms with Crippen LogP contribution in [0.25, 0.3) is 0 Å². The molecule has 9 N–H and O–H groups in total. The maximum absolute atomic E-state index is 13.1. The van der Waals surface area contributed by atoms with E-state index in [0.717, 1.165) is 19.1 Å². The largest absolute Gasteiger partial charge is 0.412 e. The minimum atomic E-state index is -0.609. The number of hydrogen-bond donors (Lipinski definition) is 5. The van der Waals surface area contributed by atoms with Crippen LogP contribution in [0.1, 0.15) is 51.4 Å². The van der Waals surface area contributed by atoms with Gasteiger partial charge in [-0.2, -0.15) is 0 Å². The number of aldehydes is 1. The van der Waals surface area contributed by atoms with E-state index in [1.54, 1.807) is 0 Å². The molecule has 1 saturated carbocycles. The Kier molecular flexibility index (Phi) is 14.0. The van der Waals surface area contributed by atoms with E-state index >= 15 is 0 Å². The van der Waals surface area contributed by atoms with Gasteiger partial charge in [-0.1, -0.05) is 12.8 Å². The fourth-order valence-electron chi connectivity index (χ4n) is 5.05. The lowest BCUT2D eigenvalue weighted by molar-refractivity contribution is -0.132. The van der Waals surface area contributed by atoms with Crippen molar-refractivity contribution in [2.45, 2.75) is 75.5 Å². The Labute approximate surface area is 201 Å². The Bertz CT molecular complexity index is 636. The SMILES string of the molecule is Cl.Cl.NC(N)=NCCC[C@@H](C=O)NC(=O)[C@H]1NCCC1C(=O)C1CC2CCCCC2N1.O. The molecule has 0 aromatic heterocycles. The van der Waals surface area contributed by atoms with E-state index < -0.39 is 12.1 Å². The number of carbonyl (C=O) groups is 3. The number of nitrogens with two attached hydrogens (primary N) is 2. The number of nitrogens with one attached hydrogen (secondary N) is 3. The highest BCUT2D eigenvalue weighted by atomic mass is 35.5. The minimum Gasteiger partial charge on any atom is -0.412 e. The highest BCUT2D eigenvalue weighted by molar-refractivity contribution is 5.95.